The lowest BCUT2D eigenvalue weighted by atomic mass is 10.2. The molecule has 0 bridgehead atoms. The van der Waals surface area contributed by atoms with Gasteiger partial charge >= 0.3 is 0 Å². The average molecular weight is 297 g/mol. The molecule has 0 fully saturated rings. The third-order valence-corrected chi connectivity index (χ3v) is 3.65. The molecule has 0 saturated carbocycles. The quantitative estimate of drug-likeness (QED) is 0.391. The van der Waals surface area contributed by atoms with Gasteiger partial charge in [0.15, 0.2) is 5.82 Å². The number of hydrogen-bond acceptors (Lipinski definition) is 6. The first-order valence-corrected chi connectivity index (χ1v) is 6.59. The van der Waals surface area contributed by atoms with Crippen molar-refractivity contribution in [1.29, 1.82) is 0 Å². The highest BCUT2D eigenvalue weighted by atomic mass is 32.2. The van der Waals surface area contributed by atoms with Crippen LogP contribution < -0.4 is 22.7 Å². The zero-order valence-electron chi connectivity index (χ0n) is 10.4. The van der Waals surface area contributed by atoms with Crippen LogP contribution in [0.25, 0.3) is 0 Å². The number of halogens is 2. The van der Waals surface area contributed by atoms with Gasteiger partial charge in [0.1, 0.15) is 23.1 Å². The van der Waals surface area contributed by atoms with Crippen molar-refractivity contribution in [3.8, 4) is 0 Å². The molecule has 1 aromatic carbocycles. The molecule has 1 heterocycles. The van der Waals surface area contributed by atoms with Crippen LogP contribution >= 0.6 is 11.8 Å². The van der Waals surface area contributed by atoms with Gasteiger partial charge in [-0.25, -0.2) is 13.8 Å². The summed E-state index contributed by atoms with van der Waals surface area (Å²) in [4.78, 5) is 4.47. The maximum Gasteiger partial charge on any atom is 0.151 e. The van der Waals surface area contributed by atoms with E-state index in [1.54, 1.807) is 6.07 Å². The largest absolute Gasteiger partial charge is 0.384 e. The number of nitrogens with one attached hydrogen (secondary N) is 1. The van der Waals surface area contributed by atoms with E-state index in [-0.39, 0.29) is 23.0 Å². The summed E-state index contributed by atoms with van der Waals surface area (Å²) in [6.45, 7) is 0. The molecule has 0 saturated heterocycles. The standard InChI is InChI=1S/C12H13F2N5S/c13-7-1-2-8(14)6(3-7)5-20-9-4-10(15)18-12(16)11(9)19-17/h1-4,19H,5,17H2,(H4,15,16,18). The minimum Gasteiger partial charge on any atom is -0.384 e. The van der Waals surface area contributed by atoms with Crippen LogP contribution in [0.2, 0.25) is 0 Å². The number of nitrogens with zero attached hydrogens (tertiary/aromatic N) is 1. The molecule has 0 aliphatic carbocycles. The Balaban J connectivity index is 2.24. The zero-order chi connectivity index (χ0) is 14.7. The summed E-state index contributed by atoms with van der Waals surface area (Å²) >= 11 is 1.23. The van der Waals surface area contributed by atoms with E-state index >= 15 is 0 Å². The second-order valence-corrected chi connectivity index (χ2v) is 4.99. The van der Waals surface area contributed by atoms with Gasteiger partial charge in [-0.05, 0) is 24.3 Å². The number of nitrogens with two attached hydrogens (primary N) is 3. The molecule has 2 rings (SSSR count). The third-order valence-electron chi connectivity index (χ3n) is 2.57. The molecular weight excluding hydrogens is 284 g/mol. The molecule has 0 atom stereocenters. The first-order valence-electron chi connectivity index (χ1n) is 5.60. The monoisotopic (exact) mass is 297 g/mol. The van der Waals surface area contributed by atoms with Crippen molar-refractivity contribution in [1.82, 2.24) is 4.98 Å². The Kier molecular flexibility index (Phi) is 4.26. The molecule has 20 heavy (non-hydrogen) atoms. The van der Waals surface area contributed by atoms with Crippen LogP contribution in [-0.4, -0.2) is 4.98 Å². The highest BCUT2D eigenvalue weighted by molar-refractivity contribution is 7.98. The number of hydrogen-bond donors (Lipinski definition) is 4. The molecule has 0 amide bonds. The van der Waals surface area contributed by atoms with E-state index in [9.17, 15) is 8.78 Å². The second-order valence-electron chi connectivity index (χ2n) is 3.97. The van der Waals surface area contributed by atoms with Crippen LogP contribution in [0, 0.1) is 11.6 Å². The molecule has 1 aromatic heterocycles. The summed E-state index contributed by atoms with van der Waals surface area (Å²) in [6, 6.07) is 4.86. The number of benzene rings is 1. The maximum absolute atomic E-state index is 13.5. The molecule has 0 unspecified atom stereocenters. The lowest BCUT2D eigenvalue weighted by Gasteiger charge is -2.11. The number of pyridine rings is 1. The van der Waals surface area contributed by atoms with Gasteiger partial charge in [-0.1, -0.05) is 0 Å². The summed E-state index contributed by atoms with van der Waals surface area (Å²) in [7, 11) is 0. The van der Waals surface area contributed by atoms with E-state index in [0.29, 0.717) is 10.6 Å². The number of hydrazine groups is 1. The summed E-state index contributed by atoms with van der Waals surface area (Å²) in [5.74, 6) is 4.98. The Bertz CT molecular complexity index is 635. The zero-order valence-corrected chi connectivity index (χ0v) is 11.2. The van der Waals surface area contributed by atoms with Gasteiger partial charge in [-0.15, -0.1) is 11.8 Å². The molecule has 7 N–H and O–H groups in total. The highest BCUT2D eigenvalue weighted by Gasteiger charge is 2.11. The molecule has 0 spiro atoms. The lowest BCUT2D eigenvalue weighted by Crippen LogP contribution is -2.12. The van der Waals surface area contributed by atoms with Crippen molar-refractivity contribution in [3.05, 3.63) is 41.5 Å². The van der Waals surface area contributed by atoms with E-state index in [1.165, 1.54) is 11.8 Å². The molecule has 0 aliphatic heterocycles. The van der Waals surface area contributed by atoms with Gasteiger partial charge in [-0.3, -0.25) is 5.84 Å². The van der Waals surface area contributed by atoms with Crippen molar-refractivity contribution in [2.45, 2.75) is 10.6 Å². The number of anilines is 3. The van der Waals surface area contributed by atoms with Gasteiger partial charge in [-0.2, -0.15) is 0 Å². The fourth-order valence-electron chi connectivity index (χ4n) is 1.63. The van der Waals surface area contributed by atoms with Crippen LogP contribution in [0.3, 0.4) is 0 Å². The van der Waals surface area contributed by atoms with Crippen LogP contribution in [-0.2, 0) is 5.75 Å². The topological polar surface area (TPSA) is 103 Å². The van der Waals surface area contributed by atoms with Crippen LogP contribution in [0.1, 0.15) is 5.56 Å². The first kappa shape index (κ1) is 14.4. The van der Waals surface area contributed by atoms with Crippen LogP contribution in [0.5, 0.6) is 0 Å². The summed E-state index contributed by atoms with van der Waals surface area (Å²) in [5, 5.41) is 0. The van der Waals surface area contributed by atoms with Gasteiger partial charge in [0, 0.05) is 16.2 Å². The van der Waals surface area contributed by atoms with E-state index in [4.69, 9.17) is 17.3 Å². The molecule has 106 valence electrons. The minimum atomic E-state index is -0.493. The van der Waals surface area contributed by atoms with Crippen molar-refractivity contribution < 1.29 is 8.78 Å². The number of rotatable bonds is 4. The third kappa shape index (κ3) is 3.09. The molecule has 0 radical (unpaired) electrons. The van der Waals surface area contributed by atoms with Crippen LogP contribution in [0.15, 0.2) is 29.2 Å². The molecule has 5 nitrogen and oxygen atoms in total. The Morgan fingerprint density at radius 2 is 1.95 bits per heavy atom. The van der Waals surface area contributed by atoms with Gasteiger partial charge in [0.25, 0.3) is 0 Å². The van der Waals surface area contributed by atoms with Crippen molar-refractivity contribution in [2.75, 3.05) is 16.9 Å². The Hall–Kier alpha value is -2.06. The normalized spacial score (nSPS) is 10.6. The predicted octanol–water partition coefficient (Wildman–Crippen LogP) is 2.10. The lowest BCUT2D eigenvalue weighted by molar-refractivity contribution is 0.591. The average Bonchev–Trinajstić information content (AvgIpc) is 2.39. The first-order chi connectivity index (χ1) is 9.51. The second kappa shape index (κ2) is 5.93. The minimum absolute atomic E-state index is 0.148. The van der Waals surface area contributed by atoms with E-state index < -0.39 is 11.6 Å². The molecule has 2 aromatic rings. The van der Waals surface area contributed by atoms with Crippen molar-refractivity contribution in [2.24, 2.45) is 5.84 Å². The number of aromatic nitrogens is 1. The Morgan fingerprint density at radius 1 is 1.20 bits per heavy atom. The Morgan fingerprint density at radius 3 is 2.65 bits per heavy atom. The molecule has 8 heteroatoms. The number of thioether (sulfide) groups is 1. The summed E-state index contributed by atoms with van der Waals surface area (Å²) in [6.07, 6.45) is 0. The van der Waals surface area contributed by atoms with E-state index in [1.807, 2.05) is 0 Å². The van der Waals surface area contributed by atoms with Gasteiger partial charge < -0.3 is 16.9 Å². The van der Waals surface area contributed by atoms with Gasteiger partial charge in [0.05, 0.1) is 0 Å². The summed E-state index contributed by atoms with van der Waals surface area (Å²) in [5.41, 5.74) is 14.3. The molecular formula is C12H13F2N5S. The fraction of sp³-hybridized carbons (Fsp3) is 0.0833. The van der Waals surface area contributed by atoms with Crippen molar-refractivity contribution >= 4 is 29.1 Å². The highest BCUT2D eigenvalue weighted by Crippen LogP contribution is 2.34. The van der Waals surface area contributed by atoms with Gasteiger partial charge in [0.2, 0.25) is 0 Å². The smallest absolute Gasteiger partial charge is 0.151 e. The van der Waals surface area contributed by atoms with E-state index in [0.717, 1.165) is 18.2 Å². The Labute approximate surface area is 118 Å². The summed E-state index contributed by atoms with van der Waals surface area (Å²) < 4.78 is 26.6. The van der Waals surface area contributed by atoms with Crippen LogP contribution in [0.4, 0.5) is 26.1 Å². The maximum atomic E-state index is 13.5. The predicted molar refractivity (Wildman–Crippen MR) is 76.8 cm³/mol. The van der Waals surface area contributed by atoms with Crippen molar-refractivity contribution in [3.63, 3.8) is 0 Å². The SMILES string of the molecule is NNc1c(SCc2cc(F)ccc2F)cc(N)nc1N. The molecule has 0 aliphatic rings. The fourth-order valence-corrected chi connectivity index (χ4v) is 2.67. The van der Waals surface area contributed by atoms with E-state index in [2.05, 4.69) is 10.4 Å². The number of nitrogen functional groups attached to an aromatic ring is 3.